The molecule has 0 aliphatic heterocycles. The molecule has 2 aromatic carbocycles. The van der Waals surface area contributed by atoms with Crippen LogP contribution in [0.4, 0.5) is 0 Å². The van der Waals surface area contributed by atoms with Crippen LogP contribution in [0.5, 0.6) is 0 Å². The van der Waals surface area contributed by atoms with Crippen molar-refractivity contribution in [3.8, 4) is 0 Å². The lowest BCUT2D eigenvalue weighted by Gasteiger charge is -2.46. The molecule has 1 atom stereocenters. The number of rotatable bonds is 8. The number of hydrogen-bond acceptors (Lipinski definition) is 1. The molecule has 0 radical (unpaired) electrons. The smallest absolute Gasteiger partial charge is 0.0515 e. The average Bonchev–Trinajstić information content (AvgIpc) is 3.44. The molecule has 2 aromatic rings. The topological polar surface area (TPSA) is 3.24 Å². The largest absolute Gasteiger partial charge is 0.296 e. The molecule has 132 valence electrons. The number of nitrogens with zero attached hydrogens (tertiary/aromatic N) is 1. The Labute approximate surface area is 153 Å². The Kier molecular flexibility index (Phi) is 5.75. The van der Waals surface area contributed by atoms with E-state index < -0.39 is 0 Å². The van der Waals surface area contributed by atoms with Crippen molar-refractivity contribution in [3.05, 3.63) is 77.9 Å². The van der Waals surface area contributed by atoms with Gasteiger partial charge in [-0.15, -0.1) is 0 Å². The van der Waals surface area contributed by atoms with E-state index in [1.807, 2.05) is 0 Å². The second kappa shape index (κ2) is 8.01. The van der Waals surface area contributed by atoms with E-state index in [9.17, 15) is 0 Å². The fourth-order valence-electron chi connectivity index (χ4n) is 4.02. The van der Waals surface area contributed by atoms with Crippen LogP contribution in [0, 0.1) is 11.8 Å². The maximum Gasteiger partial charge on any atom is 0.0515 e. The first-order valence-electron chi connectivity index (χ1n) is 9.61. The van der Waals surface area contributed by atoms with E-state index in [2.05, 4.69) is 98.6 Å². The zero-order valence-corrected chi connectivity index (χ0v) is 15.9. The summed E-state index contributed by atoms with van der Waals surface area (Å²) in [7, 11) is 2.32. The van der Waals surface area contributed by atoms with Crippen LogP contribution in [0.15, 0.2) is 66.7 Å². The average molecular weight is 334 g/mol. The molecule has 0 heterocycles. The van der Waals surface area contributed by atoms with Crippen LogP contribution in [0.2, 0.25) is 0 Å². The van der Waals surface area contributed by atoms with E-state index in [1.54, 1.807) is 0 Å². The van der Waals surface area contributed by atoms with Gasteiger partial charge in [-0.1, -0.05) is 86.7 Å². The minimum absolute atomic E-state index is 0.0507. The van der Waals surface area contributed by atoms with Crippen LogP contribution in [0.25, 0.3) is 6.08 Å². The van der Waals surface area contributed by atoms with Gasteiger partial charge in [-0.25, -0.2) is 0 Å². The van der Waals surface area contributed by atoms with Gasteiger partial charge < -0.3 is 0 Å². The highest BCUT2D eigenvalue weighted by Crippen LogP contribution is 2.42. The molecule has 1 nitrogen and oxygen atoms in total. The quantitative estimate of drug-likeness (QED) is 0.574. The van der Waals surface area contributed by atoms with Gasteiger partial charge in [0.05, 0.1) is 5.54 Å². The van der Waals surface area contributed by atoms with Crippen LogP contribution in [-0.4, -0.2) is 18.5 Å². The number of benzene rings is 2. The Morgan fingerprint density at radius 1 is 1.00 bits per heavy atom. The van der Waals surface area contributed by atoms with Crippen molar-refractivity contribution >= 4 is 6.08 Å². The zero-order chi connectivity index (χ0) is 17.7. The van der Waals surface area contributed by atoms with Gasteiger partial charge in [0.2, 0.25) is 0 Å². The maximum atomic E-state index is 2.62. The predicted octanol–water partition coefficient (Wildman–Crippen LogP) is 5.98. The number of hydrogen-bond donors (Lipinski definition) is 0. The Balaban J connectivity index is 1.90. The fourth-order valence-corrected chi connectivity index (χ4v) is 4.02. The summed E-state index contributed by atoms with van der Waals surface area (Å²) in [4.78, 5) is 2.62. The van der Waals surface area contributed by atoms with Gasteiger partial charge in [-0.05, 0) is 49.3 Å². The van der Waals surface area contributed by atoms with Crippen LogP contribution in [0.1, 0.15) is 44.2 Å². The van der Waals surface area contributed by atoms with E-state index in [4.69, 9.17) is 0 Å². The Morgan fingerprint density at radius 3 is 2.16 bits per heavy atom. The van der Waals surface area contributed by atoms with Crippen molar-refractivity contribution in [3.63, 3.8) is 0 Å². The van der Waals surface area contributed by atoms with Gasteiger partial charge in [-0.3, -0.25) is 4.90 Å². The molecule has 1 heteroatoms. The van der Waals surface area contributed by atoms with Gasteiger partial charge in [0.15, 0.2) is 0 Å². The summed E-state index contributed by atoms with van der Waals surface area (Å²) >= 11 is 0. The van der Waals surface area contributed by atoms with Gasteiger partial charge in [0.1, 0.15) is 0 Å². The summed E-state index contributed by atoms with van der Waals surface area (Å²) < 4.78 is 0. The molecule has 0 bridgehead atoms. The molecule has 0 saturated heterocycles. The van der Waals surface area contributed by atoms with Crippen LogP contribution in [-0.2, 0) is 5.54 Å². The summed E-state index contributed by atoms with van der Waals surface area (Å²) in [6.07, 6.45) is 8.46. The normalized spacial score (nSPS) is 17.3. The van der Waals surface area contributed by atoms with E-state index in [0.717, 1.165) is 12.3 Å². The molecule has 25 heavy (non-hydrogen) atoms. The third-order valence-corrected chi connectivity index (χ3v) is 5.68. The molecule has 1 aliphatic rings. The summed E-state index contributed by atoms with van der Waals surface area (Å²) in [6, 6.07) is 21.7. The second-order valence-corrected chi connectivity index (χ2v) is 7.79. The van der Waals surface area contributed by atoms with Crippen LogP contribution in [0.3, 0.4) is 0 Å². The van der Waals surface area contributed by atoms with Gasteiger partial charge in [0, 0.05) is 6.54 Å². The predicted molar refractivity (Wildman–Crippen MR) is 108 cm³/mol. The molecule has 0 amide bonds. The van der Waals surface area contributed by atoms with Gasteiger partial charge >= 0.3 is 0 Å². The first-order valence-corrected chi connectivity index (χ1v) is 9.61. The first-order chi connectivity index (χ1) is 12.1. The standard InChI is InChI=1S/C24H31N/c1-20(2)24(23-14-8-5-9-15-23,25(3)19-22-16-17-22)18-10-13-21-11-6-4-7-12-21/h4-15,20,22H,16-19H2,1-3H3/b13-10+. The van der Waals surface area contributed by atoms with Crippen molar-refractivity contribution in [2.75, 3.05) is 13.6 Å². The second-order valence-electron chi connectivity index (χ2n) is 7.79. The van der Waals surface area contributed by atoms with Crippen LogP contribution >= 0.6 is 0 Å². The van der Waals surface area contributed by atoms with E-state index in [-0.39, 0.29) is 5.54 Å². The lowest BCUT2D eigenvalue weighted by molar-refractivity contribution is 0.0639. The molecule has 1 saturated carbocycles. The highest BCUT2D eigenvalue weighted by Gasteiger charge is 2.40. The first kappa shape index (κ1) is 17.9. The molecule has 1 unspecified atom stereocenters. The van der Waals surface area contributed by atoms with Crippen molar-refractivity contribution in [2.24, 2.45) is 11.8 Å². The molecule has 0 spiro atoms. The lowest BCUT2D eigenvalue weighted by atomic mass is 9.75. The highest BCUT2D eigenvalue weighted by atomic mass is 15.2. The summed E-state index contributed by atoms with van der Waals surface area (Å²) in [6.45, 7) is 5.94. The minimum atomic E-state index is 0.0507. The van der Waals surface area contributed by atoms with Crippen molar-refractivity contribution in [1.82, 2.24) is 4.90 Å². The summed E-state index contributed by atoms with van der Waals surface area (Å²) in [5.74, 6) is 1.43. The lowest BCUT2D eigenvalue weighted by Crippen LogP contribution is -2.48. The minimum Gasteiger partial charge on any atom is -0.296 e. The summed E-state index contributed by atoms with van der Waals surface area (Å²) in [5.41, 5.74) is 2.76. The molecule has 1 aliphatic carbocycles. The Morgan fingerprint density at radius 2 is 1.60 bits per heavy atom. The molecular weight excluding hydrogens is 302 g/mol. The zero-order valence-electron chi connectivity index (χ0n) is 15.9. The van der Waals surface area contributed by atoms with E-state index in [0.29, 0.717) is 5.92 Å². The molecule has 0 N–H and O–H groups in total. The monoisotopic (exact) mass is 333 g/mol. The van der Waals surface area contributed by atoms with E-state index >= 15 is 0 Å². The third-order valence-electron chi connectivity index (χ3n) is 5.68. The molecular formula is C24H31N. The molecule has 3 rings (SSSR count). The van der Waals surface area contributed by atoms with E-state index in [1.165, 1.54) is 30.5 Å². The van der Waals surface area contributed by atoms with Crippen molar-refractivity contribution < 1.29 is 0 Å². The third kappa shape index (κ3) is 4.22. The Bertz CT molecular complexity index is 670. The van der Waals surface area contributed by atoms with Crippen LogP contribution < -0.4 is 0 Å². The molecule has 1 fully saturated rings. The van der Waals surface area contributed by atoms with Gasteiger partial charge in [-0.2, -0.15) is 0 Å². The maximum absolute atomic E-state index is 2.62. The highest BCUT2D eigenvalue weighted by molar-refractivity contribution is 5.49. The Hall–Kier alpha value is -1.86. The van der Waals surface area contributed by atoms with Crippen molar-refractivity contribution in [2.45, 2.75) is 38.6 Å². The van der Waals surface area contributed by atoms with Crippen molar-refractivity contribution in [1.29, 1.82) is 0 Å². The fraction of sp³-hybridized carbons (Fsp3) is 0.417. The SMILES string of the molecule is CC(C)C(C/C=C/c1ccccc1)(c1ccccc1)N(C)CC1CC1. The molecule has 0 aromatic heterocycles. The van der Waals surface area contributed by atoms with Gasteiger partial charge in [0.25, 0.3) is 0 Å². The summed E-state index contributed by atoms with van der Waals surface area (Å²) in [5, 5.41) is 0.